The molecule has 0 rings (SSSR count). The van der Waals surface area contributed by atoms with Gasteiger partial charge < -0.3 is 10.5 Å². The van der Waals surface area contributed by atoms with Crippen LogP contribution < -0.4 is 5.73 Å². The van der Waals surface area contributed by atoms with Gasteiger partial charge in [0.05, 0.1) is 12.3 Å². The minimum Gasteiger partial charge on any atom is -0.463 e. The van der Waals surface area contributed by atoms with Crippen LogP contribution in [-0.2, 0) is 9.53 Å². The summed E-state index contributed by atoms with van der Waals surface area (Å²) in [6.45, 7) is 2.32. The molecule has 0 amide bonds. The van der Waals surface area contributed by atoms with Crippen molar-refractivity contribution in [3.05, 3.63) is 11.8 Å². The summed E-state index contributed by atoms with van der Waals surface area (Å²) in [5.41, 5.74) is 4.10. The highest BCUT2D eigenvalue weighted by Gasteiger charge is 2.25. The van der Waals surface area contributed by atoms with Gasteiger partial charge in [-0.3, -0.25) is 0 Å². The highest BCUT2D eigenvalue weighted by Crippen LogP contribution is 2.18. The fourth-order valence-corrected chi connectivity index (χ4v) is 0.438. The van der Waals surface area contributed by atoms with Gasteiger partial charge in [0.15, 0.2) is 0 Å². The zero-order chi connectivity index (χ0) is 9.78. The molecule has 0 aliphatic heterocycles. The molecule has 0 heterocycles. The second-order valence-electron chi connectivity index (χ2n) is 2.24. The Balaban J connectivity index is 4.26. The standard InChI is InChI=1S/C7H11F2NO2/c1-3-12-6(11)4-5(10)7(2,8)9/h4H,3,10H2,1-2H3. The van der Waals surface area contributed by atoms with Crippen LogP contribution in [0.3, 0.4) is 0 Å². The molecule has 12 heavy (non-hydrogen) atoms. The molecule has 0 aliphatic rings. The molecule has 0 fully saturated rings. The largest absolute Gasteiger partial charge is 0.463 e. The molecular formula is C7H11F2NO2. The number of alkyl halides is 2. The van der Waals surface area contributed by atoms with E-state index in [9.17, 15) is 13.6 Å². The number of ether oxygens (including phenoxy) is 1. The summed E-state index contributed by atoms with van der Waals surface area (Å²) in [5, 5.41) is 0. The van der Waals surface area contributed by atoms with E-state index in [1.807, 2.05) is 0 Å². The maximum Gasteiger partial charge on any atom is 0.332 e. The summed E-state index contributed by atoms with van der Waals surface area (Å²) in [7, 11) is 0. The third-order valence-electron chi connectivity index (χ3n) is 1.07. The number of esters is 1. The van der Waals surface area contributed by atoms with Gasteiger partial charge >= 0.3 is 5.97 Å². The summed E-state index contributed by atoms with van der Waals surface area (Å²) < 4.78 is 29.0. The Hall–Kier alpha value is -1.13. The molecule has 0 unspecified atom stereocenters. The Morgan fingerprint density at radius 3 is 2.50 bits per heavy atom. The zero-order valence-electron chi connectivity index (χ0n) is 6.93. The van der Waals surface area contributed by atoms with E-state index in [4.69, 9.17) is 5.73 Å². The lowest BCUT2D eigenvalue weighted by Crippen LogP contribution is -2.22. The van der Waals surface area contributed by atoms with E-state index >= 15 is 0 Å². The molecule has 0 spiro atoms. The normalized spacial score (nSPS) is 12.8. The molecule has 0 saturated heterocycles. The van der Waals surface area contributed by atoms with E-state index in [0.29, 0.717) is 13.0 Å². The average Bonchev–Trinajstić information content (AvgIpc) is 1.85. The van der Waals surface area contributed by atoms with Crippen LogP contribution in [0, 0.1) is 0 Å². The van der Waals surface area contributed by atoms with E-state index in [-0.39, 0.29) is 6.61 Å². The summed E-state index contributed by atoms with van der Waals surface area (Å²) in [6.07, 6.45) is 0.587. The van der Waals surface area contributed by atoms with Crippen molar-refractivity contribution in [1.82, 2.24) is 0 Å². The van der Waals surface area contributed by atoms with Crippen molar-refractivity contribution in [3.8, 4) is 0 Å². The van der Waals surface area contributed by atoms with Gasteiger partial charge in [-0.15, -0.1) is 0 Å². The molecule has 70 valence electrons. The number of allylic oxidation sites excluding steroid dienone is 1. The fourth-order valence-electron chi connectivity index (χ4n) is 0.438. The van der Waals surface area contributed by atoms with Crippen LogP contribution in [0.4, 0.5) is 8.78 Å². The summed E-state index contributed by atoms with van der Waals surface area (Å²) in [4.78, 5) is 10.6. The van der Waals surface area contributed by atoms with Crippen LogP contribution in [0.15, 0.2) is 11.8 Å². The Morgan fingerprint density at radius 2 is 2.17 bits per heavy atom. The van der Waals surface area contributed by atoms with E-state index in [0.717, 1.165) is 0 Å². The number of rotatable bonds is 3. The Labute approximate surface area is 69.2 Å². The molecule has 0 aromatic carbocycles. The molecule has 0 atom stereocenters. The number of hydrogen-bond acceptors (Lipinski definition) is 3. The van der Waals surface area contributed by atoms with Crippen LogP contribution in [0.1, 0.15) is 13.8 Å². The first-order valence-corrected chi connectivity index (χ1v) is 3.40. The molecule has 0 aromatic heterocycles. The van der Waals surface area contributed by atoms with E-state index < -0.39 is 17.6 Å². The summed E-state index contributed by atoms with van der Waals surface area (Å²) in [6, 6.07) is 0. The molecule has 0 aromatic rings. The van der Waals surface area contributed by atoms with Gasteiger partial charge in [-0.1, -0.05) is 0 Å². The molecule has 0 bridgehead atoms. The number of hydrogen-bond donors (Lipinski definition) is 1. The average molecular weight is 179 g/mol. The Bertz CT molecular complexity index is 196. The van der Waals surface area contributed by atoms with Gasteiger partial charge in [0.25, 0.3) is 5.92 Å². The van der Waals surface area contributed by atoms with Crippen LogP contribution in [-0.4, -0.2) is 18.5 Å². The van der Waals surface area contributed by atoms with Crippen molar-refractivity contribution in [2.75, 3.05) is 6.61 Å². The van der Waals surface area contributed by atoms with Gasteiger partial charge in [-0.25, -0.2) is 13.6 Å². The summed E-state index contributed by atoms with van der Waals surface area (Å²) in [5.74, 6) is -4.02. The lowest BCUT2D eigenvalue weighted by molar-refractivity contribution is -0.137. The highest BCUT2D eigenvalue weighted by atomic mass is 19.3. The van der Waals surface area contributed by atoms with Crippen LogP contribution in [0.2, 0.25) is 0 Å². The van der Waals surface area contributed by atoms with Gasteiger partial charge in [0, 0.05) is 13.0 Å². The van der Waals surface area contributed by atoms with E-state index in [1.165, 1.54) is 0 Å². The predicted molar refractivity (Wildman–Crippen MR) is 39.5 cm³/mol. The smallest absolute Gasteiger partial charge is 0.332 e. The molecule has 3 nitrogen and oxygen atoms in total. The molecule has 5 heteroatoms. The van der Waals surface area contributed by atoms with Crippen molar-refractivity contribution in [2.24, 2.45) is 5.73 Å². The zero-order valence-corrected chi connectivity index (χ0v) is 6.93. The minimum atomic E-state index is -3.17. The van der Waals surface area contributed by atoms with Crippen molar-refractivity contribution in [3.63, 3.8) is 0 Å². The van der Waals surface area contributed by atoms with E-state index in [2.05, 4.69) is 4.74 Å². The van der Waals surface area contributed by atoms with Crippen LogP contribution in [0.5, 0.6) is 0 Å². The van der Waals surface area contributed by atoms with E-state index in [1.54, 1.807) is 6.92 Å². The predicted octanol–water partition coefficient (Wildman–Crippen LogP) is 1.05. The third-order valence-corrected chi connectivity index (χ3v) is 1.07. The Morgan fingerprint density at radius 1 is 1.67 bits per heavy atom. The quantitative estimate of drug-likeness (QED) is 0.520. The first kappa shape index (κ1) is 10.9. The maximum atomic E-state index is 12.3. The monoisotopic (exact) mass is 179 g/mol. The fraction of sp³-hybridized carbons (Fsp3) is 0.571. The molecular weight excluding hydrogens is 168 g/mol. The molecule has 0 saturated carbocycles. The van der Waals surface area contributed by atoms with Crippen LogP contribution in [0.25, 0.3) is 0 Å². The number of carbonyl (C=O) groups is 1. The first-order valence-electron chi connectivity index (χ1n) is 3.40. The molecule has 0 aliphatic carbocycles. The lowest BCUT2D eigenvalue weighted by Gasteiger charge is -2.09. The summed E-state index contributed by atoms with van der Waals surface area (Å²) >= 11 is 0. The van der Waals surface area contributed by atoms with Crippen molar-refractivity contribution < 1.29 is 18.3 Å². The second kappa shape index (κ2) is 4.04. The SMILES string of the molecule is CCOC(=O)C=C(N)C(C)(F)F. The van der Waals surface area contributed by atoms with Crippen LogP contribution >= 0.6 is 0 Å². The number of nitrogens with two attached hydrogens (primary N) is 1. The second-order valence-corrected chi connectivity index (χ2v) is 2.24. The highest BCUT2D eigenvalue weighted by molar-refractivity contribution is 5.82. The van der Waals surface area contributed by atoms with Gasteiger partial charge in [0.2, 0.25) is 0 Å². The molecule has 2 N–H and O–H groups in total. The number of halogens is 2. The topological polar surface area (TPSA) is 52.3 Å². The van der Waals surface area contributed by atoms with Gasteiger partial charge in [0.1, 0.15) is 0 Å². The Kier molecular flexibility index (Phi) is 3.66. The van der Waals surface area contributed by atoms with Gasteiger partial charge in [-0.2, -0.15) is 0 Å². The van der Waals surface area contributed by atoms with Crippen molar-refractivity contribution >= 4 is 5.97 Å². The third kappa shape index (κ3) is 3.90. The van der Waals surface area contributed by atoms with Crippen molar-refractivity contribution in [1.29, 1.82) is 0 Å². The lowest BCUT2D eigenvalue weighted by atomic mass is 10.2. The first-order chi connectivity index (χ1) is 5.38. The molecule has 0 radical (unpaired) electrons. The minimum absolute atomic E-state index is 0.137. The maximum absolute atomic E-state index is 12.3. The van der Waals surface area contributed by atoms with Gasteiger partial charge in [-0.05, 0) is 6.92 Å². The van der Waals surface area contributed by atoms with Crippen molar-refractivity contribution in [2.45, 2.75) is 19.8 Å². The number of carbonyl (C=O) groups excluding carboxylic acids is 1.